The molecule has 1 atom stereocenters. The Bertz CT molecular complexity index is 909. The first kappa shape index (κ1) is 17.3. The molecule has 2 N–H and O–H groups in total. The summed E-state index contributed by atoms with van der Waals surface area (Å²) in [6.07, 6.45) is 4.21. The number of imidazole rings is 1. The van der Waals surface area contributed by atoms with Crippen LogP contribution < -0.4 is 10.0 Å². The van der Waals surface area contributed by atoms with Crippen molar-refractivity contribution in [3.63, 3.8) is 0 Å². The number of hydrogen-bond donors (Lipinski definition) is 2. The average Bonchev–Trinajstić information content (AvgIpc) is 3.08. The van der Waals surface area contributed by atoms with Crippen molar-refractivity contribution in [1.29, 1.82) is 0 Å². The van der Waals surface area contributed by atoms with Gasteiger partial charge in [-0.2, -0.15) is 4.73 Å². The number of aromatic amines is 1. The number of hydrogen-bond acceptors (Lipinski definition) is 3. The molecule has 3 rings (SSSR count). The minimum atomic E-state index is -0.344. The Morgan fingerprint density at radius 2 is 1.96 bits per heavy atom. The minimum absolute atomic E-state index is 0.291. The maximum absolute atomic E-state index is 12.2. The monoisotopic (exact) mass is 376 g/mol. The standard InChI is InChI=1S/C17H14Cl2N4O2/c1-10(21-17(24)11-4-6-23(25)7-5-11)16-20-9-15(22-16)12-2-3-13(18)14(19)8-12/h2-10H,1H3,(H,20,22)(H,21,24)/t10-/m0/s1. The van der Waals surface area contributed by atoms with E-state index in [0.717, 1.165) is 11.3 Å². The fourth-order valence-electron chi connectivity index (χ4n) is 2.28. The molecule has 0 spiro atoms. The van der Waals surface area contributed by atoms with Gasteiger partial charge in [-0.1, -0.05) is 29.3 Å². The molecule has 1 amide bonds. The van der Waals surface area contributed by atoms with Crippen molar-refractivity contribution in [2.45, 2.75) is 13.0 Å². The van der Waals surface area contributed by atoms with Crippen LogP contribution in [-0.4, -0.2) is 15.9 Å². The van der Waals surface area contributed by atoms with Gasteiger partial charge in [0.05, 0.1) is 33.5 Å². The topological polar surface area (TPSA) is 84.7 Å². The van der Waals surface area contributed by atoms with Crippen LogP contribution in [0.4, 0.5) is 0 Å². The molecule has 0 aliphatic carbocycles. The largest absolute Gasteiger partial charge is 0.619 e. The van der Waals surface area contributed by atoms with Crippen LogP contribution in [0.25, 0.3) is 11.3 Å². The van der Waals surface area contributed by atoms with Crippen LogP contribution in [0.15, 0.2) is 48.9 Å². The first-order valence-electron chi connectivity index (χ1n) is 7.44. The first-order valence-corrected chi connectivity index (χ1v) is 8.19. The lowest BCUT2D eigenvalue weighted by molar-refractivity contribution is -0.605. The van der Waals surface area contributed by atoms with Crippen LogP contribution in [0.5, 0.6) is 0 Å². The molecule has 2 aromatic heterocycles. The zero-order valence-corrected chi connectivity index (χ0v) is 14.7. The smallest absolute Gasteiger partial charge is 0.252 e. The van der Waals surface area contributed by atoms with Gasteiger partial charge in [0, 0.05) is 17.7 Å². The molecule has 128 valence electrons. The van der Waals surface area contributed by atoms with E-state index < -0.39 is 0 Å². The summed E-state index contributed by atoms with van der Waals surface area (Å²) in [5.41, 5.74) is 2.01. The summed E-state index contributed by atoms with van der Waals surface area (Å²) in [4.78, 5) is 19.7. The lowest BCUT2D eigenvalue weighted by Crippen LogP contribution is -2.29. The molecule has 0 fully saturated rings. The summed E-state index contributed by atoms with van der Waals surface area (Å²) < 4.78 is 0.621. The van der Waals surface area contributed by atoms with Crippen molar-refractivity contribution >= 4 is 29.1 Å². The summed E-state index contributed by atoms with van der Waals surface area (Å²) >= 11 is 12.0. The maximum atomic E-state index is 12.2. The van der Waals surface area contributed by atoms with Crippen LogP contribution in [0.1, 0.15) is 29.1 Å². The van der Waals surface area contributed by atoms with Crippen LogP contribution >= 0.6 is 23.2 Å². The highest BCUT2D eigenvalue weighted by molar-refractivity contribution is 6.42. The number of carbonyl (C=O) groups is 1. The van der Waals surface area contributed by atoms with Crippen LogP contribution in [0.3, 0.4) is 0 Å². The van der Waals surface area contributed by atoms with Crippen molar-refractivity contribution in [2.75, 3.05) is 0 Å². The van der Waals surface area contributed by atoms with Crippen LogP contribution in [0, 0.1) is 5.21 Å². The van der Waals surface area contributed by atoms with Gasteiger partial charge in [-0.15, -0.1) is 0 Å². The molecule has 0 aliphatic heterocycles. The summed E-state index contributed by atoms with van der Waals surface area (Å²) in [5, 5.41) is 14.8. The van der Waals surface area contributed by atoms with Gasteiger partial charge in [-0.05, 0) is 19.1 Å². The molecular formula is C17H14Cl2N4O2. The normalized spacial score (nSPS) is 12.0. The second-order valence-electron chi connectivity index (χ2n) is 5.45. The van der Waals surface area contributed by atoms with Crippen molar-refractivity contribution in [3.05, 3.63) is 75.6 Å². The number of carbonyl (C=O) groups excluding carboxylic acids is 1. The minimum Gasteiger partial charge on any atom is -0.619 e. The molecule has 2 heterocycles. The number of benzene rings is 1. The Balaban J connectivity index is 1.74. The Morgan fingerprint density at radius 1 is 1.24 bits per heavy atom. The van der Waals surface area contributed by atoms with E-state index in [-0.39, 0.29) is 11.9 Å². The van der Waals surface area contributed by atoms with E-state index >= 15 is 0 Å². The molecule has 0 bridgehead atoms. The van der Waals surface area contributed by atoms with E-state index in [4.69, 9.17) is 23.2 Å². The third-order valence-corrected chi connectivity index (χ3v) is 4.39. The van der Waals surface area contributed by atoms with Crippen molar-refractivity contribution < 1.29 is 9.52 Å². The van der Waals surface area contributed by atoms with E-state index in [1.165, 1.54) is 24.5 Å². The number of pyridine rings is 1. The average molecular weight is 377 g/mol. The predicted molar refractivity (Wildman–Crippen MR) is 95.3 cm³/mol. The zero-order valence-electron chi connectivity index (χ0n) is 13.2. The van der Waals surface area contributed by atoms with Gasteiger partial charge in [0.1, 0.15) is 5.82 Å². The van der Waals surface area contributed by atoms with E-state index in [1.807, 2.05) is 13.0 Å². The van der Waals surface area contributed by atoms with Crippen molar-refractivity contribution in [3.8, 4) is 11.3 Å². The fraction of sp³-hybridized carbons (Fsp3) is 0.118. The quantitative estimate of drug-likeness (QED) is 0.539. The number of rotatable bonds is 4. The van der Waals surface area contributed by atoms with Crippen LogP contribution in [-0.2, 0) is 0 Å². The Hall–Kier alpha value is -2.57. The van der Waals surface area contributed by atoms with E-state index in [0.29, 0.717) is 26.2 Å². The number of aromatic nitrogens is 3. The van der Waals surface area contributed by atoms with Gasteiger partial charge in [-0.25, -0.2) is 4.98 Å². The summed E-state index contributed by atoms with van der Waals surface area (Å²) in [5.74, 6) is 0.310. The van der Waals surface area contributed by atoms with Crippen LogP contribution in [0.2, 0.25) is 10.0 Å². The van der Waals surface area contributed by atoms with E-state index in [2.05, 4.69) is 15.3 Å². The highest BCUT2D eigenvalue weighted by Gasteiger charge is 2.15. The molecule has 25 heavy (non-hydrogen) atoms. The zero-order chi connectivity index (χ0) is 18.0. The third-order valence-electron chi connectivity index (χ3n) is 3.65. The second kappa shape index (κ2) is 7.13. The van der Waals surface area contributed by atoms with Gasteiger partial charge < -0.3 is 15.5 Å². The number of amides is 1. The van der Waals surface area contributed by atoms with E-state index in [1.54, 1.807) is 18.3 Å². The fourth-order valence-corrected chi connectivity index (χ4v) is 2.58. The molecule has 0 radical (unpaired) electrons. The molecule has 0 unspecified atom stereocenters. The molecule has 0 aliphatic rings. The summed E-state index contributed by atoms with van der Waals surface area (Å²) in [7, 11) is 0. The van der Waals surface area contributed by atoms with E-state index in [9.17, 15) is 10.0 Å². The number of halogens is 2. The molecule has 1 aromatic carbocycles. The lowest BCUT2D eigenvalue weighted by Gasteiger charge is -2.11. The lowest BCUT2D eigenvalue weighted by atomic mass is 10.2. The first-order chi connectivity index (χ1) is 11.9. The molecule has 0 saturated heterocycles. The van der Waals surface area contributed by atoms with Gasteiger partial charge in [0.2, 0.25) is 0 Å². The van der Waals surface area contributed by atoms with Gasteiger partial charge in [0.15, 0.2) is 12.4 Å². The Morgan fingerprint density at radius 3 is 2.64 bits per heavy atom. The molecule has 3 aromatic rings. The third kappa shape index (κ3) is 3.92. The second-order valence-corrected chi connectivity index (χ2v) is 6.27. The molecule has 8 heteroatoms. The maximum Gasteiger partial charge on any atom is 0.252 e. The number of nitrogens with one attached hydrogen (secondary N) is 2. The summed E-state index contributed by atoms with van der Waals surface area (Å²) in [6, 6.07) is 7.85. The molecular weight excluding hydrogens is 363 g/mol. The van der Waals surface area contributed by atoms with Gasteiger partial charge in [-0.3, -0.25) is 4.79 Å². The van der Waals surface area contributed by atoms with Crippen molar-refractivity contribution in [2.24, 2.45) is 0 Å². The molecule has 0 saturated carbocycles. The molecule has 6 nitrogen and oxygen atoms in total. The SMILES string of the molecule is C[C@H](NC(=O)c1cc[n+]([O-])cc1)c1ncc(-c2ccc(Cl)c(Cl)c2)[nH]1. The van der Waals surface area contributed by atoms with Crippen molar-refractivity contribution in [1.82, 2.24) is 15.3 Å². The summed E-state index contributed by atoms with van der Waals surface area (Å²) in [6.45, 7) is 1.81. The number of nitrogens with zero attached hydrogens (tertiary/aromatic N) is 2. The Labute approximate surface area is 154 Å². The van der Waals surface area contributed by atoms with Gasteiger partial charge in [0.25, 0.3) is 5.91 Å². The Kier molecular flexibility index (Phi) is 4.92. The predicted octanol–water partition coefficient (Wildman–Crippen LogP) is 3.51. The highest BCUT2D eigenvalue weighted by Crippen LogP contribution is 2.28. The highest BCUT2D eigenvalue weighted by atomic mass is 35.5. The van der Waals surface area contributed by atoms with Gasteiger partial charge >= 0.3 is 0 Å². The number of H-pyrrole nitrogens is 1.